The smallest absolute Gasteiger partial charge is 0.255 e. The molecule has 1 amide bonds. The number of aromatic nitrogens is 5. The number of rotatable bonds is 3. The van der Waals surface area contributed by atoms with Gasteiger partial charge in [-0.05, 0) is 43.2 Å². The Morgan fingerprint density at radius 2 is 2.03 bits per heavy atom. The van der Waals surface area contributed by atoms with E-state index in [0.29, 0.717) is 18.7 Å². The third-order valence-corrected chi connectivity index (χ3v) is 5.30. The van der Waals surface area contributed by atoms with Gasteiger partial charge in [0.1, 0.15) is 0 Å². The van der Waals surface area contributed by atoms with E-state index in [2.05, 4.69) is 9.97 Å². The molecule has 5 rings (SSSR count). The summed E-state index contributed by atoms with van der Waals surface area (Å²) in [6.07, 6.45) is 9.81. The van der Waals surface area contributed by atoms with Gasteiger partial charge in [-0.15, -0.1) is 0 Å². The van der Waals surface area contributed by atoms with Gasteiger partial charge >= 0.3 is 0 Å². The van der Waals surface area contributed by atoms with Gasteiger partial charge in [-0.3, -0.25) is 14.8 Å². The summed E-state index contributed by atoms with van der Waals surface area (Å²) in [6.45, 7) is 3.27. The summed E-state index contributed by atoms with van der Waals surface area (Å²) >= 11 is 0. The van der Waals surface area contributed by atoms with Gasteiger partial charge in [0.15, 0.2) is 11.5 Å². The molecule has 1 unspecified atom stereocenters. The van der Waals surface area contributed by atoms with Crippen molar-refractivity contribution in [3.63, 3.8) is 0 Å². The first-order chi connectivity index (χ1) is 14.2. The molecule has 0 spiro atoms. The van der Waals surface area contributed by atoms with Crippen molar-refractivity contribution in [2.24, 2.45) is 0 Å². The van der Waals surface area contributed by atoms with Crippen molar-refractivity contribution in [1.29, 1.82) is 0 Å². The molecule has 144 valence electrons. The molecule has 0 N–H and O–H groups in total. The molecule has 0 aliphatic carbocycles. The molecule has 1 aliphatic rings. The number of hydrogen-bond acceptors (Lipinski definition) is 5. The minimum atomic E-state index is 0.0197. The number of aryl methyl sites for hydroxylation is 1. The molecule has 0 bridgehead atoms. The van der Waals surface area contributed by atoms with Crippen LogP contribution in [0.4, 0.5) is 0 Å². The molecule has 4 aromatic heterocycles. The first-order valence-electron chi connectivity index (χ1n) is 9.65. The molecule has 29 heavy (non-hydrogen) atoms. The minimum absolute atomic E-state index is 0.0197. The Bertz CT molecular complexity index is 1190. The fourth-order valence-corrected chi connectivity index (χ4v) is 3.79. The lowest BCUT2D eigenvalue weighted by Gasteiger charge is -2.15. The van der Waals surface area contributed by atoms with Gasteiger partial charge in [-0.25, -0.2) is 9.50 Å². The molecule has 4 aromatic rings. The average Bonchev–Trinajstić information content (AvgIpc) is 3.40. The van der Waals surface area contributed by atoms with E-state index in [9.17, 15) is 4.79 Å². The van der Waals surface area contributed by atoms with Crippen molar-refractivity contribution in [3.05, 3.63) is 78.3 Å². The second-order valence-electron chi connectivity index (χ2n) is 7.42. The number of carbonyl (C=O) groups excluding carboxylic acids is 1. The highest BCUT2D eigenvalue weighted by Crippen LogP contribution is 2.27. The molecule has 0 aromatic carbocycles. The van der Waals surface area contributed by atoms with Crippen LogP contribution in [0.25, 0.3) is 16.8 Å². The maximum atomic E-state index is 12.8. The fraction of sp³-hybridized carbons (Fsp3) is 0.227. The highest BCUT2D eigenvalue weighted by molar-refractivity contribution is 5.94. The Hall–Kier alpha value is -3.61. The number of pyridine rings is 3. The van der Waals surface area contributed by atoms with Crippen molar-refractivity contribution in [1.82, 2.24) is 29.5 Å². The maximum Gasteiger partial charge on any atom is 0.255 e. The first-order valence-corrected chi connectivity index (χ1v) is 9.65. The van der Waals surface area contributed by atoms with Crippen molar-refractivity contribution in [2.45, 2.75) is 19.3 Å². The number of carbonyl (C=O) groups is 1. The standard InChI is InChI=1S/C22H20N6O/c1-15-9-19(12-24-10-15)22(29)27-8-6-18(13-27)21-25-20-5-4-17(14-28(20)26-21)16-3-2-7-23-11-16/h2-5,7,9-12,14,18H,6,8,13H2,1H3. The van der Waals surface area contributed by atoms with E-state index in [0.717, 1.165) is 34.6 Å². The van der Waals surface area contributed by atoms with Crippen molar-refractivity contribution >= 4 is 11.6 Å². The Morgan fingerprint density at radius 3 is 2.86 bits per heavy atom. The molecule has 7 nitrogen and oxygen atoms in total. The highest BCUT2D eigenvalue weighted by atomic mass is 16.2. The number of nitrogens with zero attached hydrogens (tertiary/aromatic N) is 6. The lowest BCUT2D eigenvalue weighted by Crippen LogP contribution is -2.28. The van der Waals surface area contributed by atoms with Crippen LogP contribution in [-0.4, -0.2) is 48.5 Å². The summed E-state index contributed by atoms with van der Waals surface area (Å²) in [4.78, 5) is 27.7. The summed E-state index contributed by atoms with van der Waals surface area (Å²) < 4.78 is 1.81. The Kier molecular flexibility index (Phi) is 4.27. The lowest BCUT2D eigenvalue weighted by atomic mass is 10.1. The molecular formula is C22H20N6O. The van der Waals surface area contributed by atoms with Gasteiger partial charge in [0, 0.05) is 61.1 Å². The maximum absolute atomic E-state index is 12.8. The minimum Gasteiger partial charge on any atom is -0.338 e. The van der Waals surface area contributed by atoms with Crippen LogP contribution in [0, 0.1) is 6.92 Å². The molecule has 1 fully saturated rings. The van der Waals surface area contributed by atoms with E-state index in [1.165, 1.54) is 0 Å². The number of hydrogen-bond donors (Lipinski definition) is 0. The largest absolute Gasteiger partial charge is 0.338 e. The van der Waals surface area contributed by atoms with E-state index in [1.807, 2.05) is 59.1 Å². The topological polar surface area (TPSA) is 76.3 Å². The molecular weight excluding hydrogens is 364 g/mol. The van der Waals surface area contributed by atoms with Crippen molar-refractivity contribution in [3.8, 4) is 11.1 Å². The molecule has 1 aliphatic heterocycles. The molecule has 7 heteroatoms. The monoisotopic (exact) mass is 384 g/mol. The molecule has 1 saturated heterocycles. The zero-order valence-corrected chi connectivity index (χ0v) is 16.1. The van der Waals surface area contributed by atoms with Crippen LogP contribution in [-0.2, 0) is 0 Å². The van der Waals surface area contributed by atoms with Gasteiger partial charge in [-0.2, -0.15) is 5.10 Å². The highest BCUT2D eigenvalue weighted by Gasteiger charge is 2.30. The third-order valence-electron chi connectivity index (χ3n) is 5.30. The van der Waals surface area contributed by atoms with Crippen molar-refractivity contribution < 1.29 is 4.79 Å². The zero-order valence-electron chi connectivity index (χ0n) is 16.1. The summed E-state index contributed by atoms with van der Waals surface area (Å²) in [5.74, 6) is 0.941. The van der Waals surface area contributed by atoms with Crippen LogP contribution in [0.3, 0.4) is 0 Å². The summed E-state index contributed by atoms with van der Waals surface area (Å²) in [5, 5.41) is 4.70. The quantitative estimate of drug-likeness (QED) is 0.542. The molecule has 0 radical (unpaired) electrons. The van der Waals surface area contributed by atoms with Gasteiger partial charge in [0.05, 0.1) is 5.56 Å². The van der Waals surface area contributed by atoms with E-state index < -0.39 is 0 Å². The second kappa shape index (κ2) is 7.09. The second-order valence-corrected chi connectivity index (χ2v) is 7.42. The summed E-state index contributed by atoms with van der Waals surface area (Å²) in [6, 6.07) is 9.81. The number of likely N-dealkylation sites (tertiary alicyclic amines) is 1. The van der Waals surface area contributed by atoms with E-state index >= 15 is 0 Å². The molecule has 5 heterocycles. The third kappa shape index (κ3) is 3.35. The van der Waals surface area contributed by atoms with E-state index in [1.54, 1.807) is 18.6 Å². The lowest BCUT2D eigenvalue weighted by molar-refractivity contribution is 0.0790. The zero-order chi connectivity index (χ0) is 19.8. The normalized spacial score (nSPS) is 16.4. The van der Waals surface area contributed by atoms with Crippen LogP contribution in [0.1, 0.15) is 34.1 Å². The van der Waals surface area contributed by atoms with Crippen LogP contribution in [0.2, 0.25) is 0 Å². The predicted octanol–water partition coefficient (Wildman–Crippen LogP) is 3.12. The summed E-state index contributed by atoms with van der Waals surface area (Å²) in [7, 11) is 0. The van der Waals surface area contributed by atoms with Gasteiger partial charge in [0.25, 0.3) is 5.91 Å². The average molecular weight is 384 g/mol. The van der Waals surface area contributed by atoms with Crippen LogP contribution in [0.15, 0.2) is 61.3 Å². The fourth-order valence-electron chi connectivity index (χ4n) is 3.79. The summed E-state index contributed by atoms with van der Waals surface area (Å²) in [5.41, 5.74) is 4.50. The van der Waals surface area contributed by atoms with Crippen LogP contribution in [0.5, 0.6) is 0 Å². The molecule has 1 atom stereocenters. The Labute approximate surface area is 168 Å². The van der Waals surface area contributed by atoms with Gasteiger partial charge < -0.3 is 4.90 Å². The van der Waals surface area contributed by atoms with Crippen molar-refractivity contribution in [2.75, 3.05) is 13.1 Å². The van der Waals surface area contributed by atoms with Gasteiger partial charge in [-0.1, -0.05) is 6.07 Å². The number of fused-ring (bicyclic) bond motifs is 1. The first kappa shape index (κ1) is 17.5. The van der Waals surface area contributed by atoms with E-state index in [-0.39, 0.29) is 11.8 Å². The van der Waals surface area contributed by atoms with Gasteiger partial charge in [0.2, 0.25) is 0 Å². The molecule has 0 saturated carbocycles. The Balaban J connectivity index is 1.37. The van der Waals surface area contributed by atoms with Crippen LogP contribution >= 0.6 is 0 Å². The van der Waals surface area contributed by atoms with Crippen LogP contribution < -0.4 is 0 Å². The number of amides is 1. The predicted molar refractivity (Wildman–Crippen MR) is 108 cm³/mol. The Morgan fingerprint density at radius 1 is 1.10 bits per heavy atom. The van der Waals surface area contributed by atoms with E-state index in [4.69, 9.17) is 10.1 Å². The SMILES string of the molecule is Cc1cncc(C(=O)N2CCC(c3nc4ccc(-c5cccnc5)cn4n3)C2)c1.